The van der Waals surface area contributed by atoms with Crippen molar-refractivity contribution in [1.82, 2.24) is 10.2 Å². The summed E-state index contributed by atoms with van der Waals surface area (Å²) in [6, 6.07) is 0. The number of amides is 1. The van der Waals surface area contributed by atoms with Gasteiger partial charge in [0, 0.05) is 19.6 Å². The minimum Gasteiger partial charge on any atom is -0.340 e. The van der Waals surface area contributed by atoms with Crippen molar-refractivity contribution in [3.05, 3.63) is 0 Å². The Balaban J connectivity index is 1.88. The third kappa shape index (κ3) is 6.67. The number of nitrogens with zero attached hydrogens (tertiary/aromatic N) is 1. The summed E-state index contributed by atoms with van der Waals surface area (Å²) in [5.74, 6) is 0.277. The van der Waals surface area contributed by atoms with E-state index < -0.39 is 0 Å². The third-order valence-electron chi connectivity index (χ3n) is 3.47. The van der Waals surface area contributed by atoms with Gasteiger partial charge >= 0.3 is 0 Å². The van der Waals surface area contributed by atoms with Gasteiger partial charge in [-0.25, -0.2) is 0 Å². The number of hydrogen-bond acceptors (Lipinski definition) is 2. The van der Waals surface area contributed by atoms with Crippen molar-refractivity contribution in [2.24, 2.45) is 0 Å². The number of unbranched alkanes of at least 4 members (excludes halogenated alkanes) is 7. The van der Waals surface area contributed by atoms with Crippen molar-refractivity contribution in [2.45, 2.75) is 58.3 Å². The molecule has 0 aliphatic carbocycles. The Morgan fingerprint density at radius 3 is 2.35 bits per heavy atom. The Morgan fingerprint density at radius 1 is 1.06 bits per heavy atom. The minimum atomic E-state index is 0.277. The Hall–Kier alpha value is -0.570. The van der Waals surface area contributed by atoms with Gasteiger partial charge in [0.1, 0.15) is 0 Å². The summed E-state index contributed by atoms with van der Waals surface area (Å²) in [6.07, 6.45) is 10.7. The number of hydrogen-bond donors (Lipinski definition) is 1. The third-order valence-corrected chi connectivity index (χ3v) is 3.47. The molecule has 1 amide bonds. The van der Waals surface area contributed by atoms with Crippen LogP contribution in [0.5, 0.6) is 0 Å². The normalized spacial score (nSPS) is 16.5. The van der Waals surface area contributed by atoms with Gasteiger partial charge in [-0.1, -0.05) is 51.9 Å². The predicted molar refractivity (Wildman–Crippen MR) is 72.1 cm³/mol. The summed E-state index contributed by atoms with van der Waals surface area (Å²) in [7, 11) is 0. The van der Waals surface area contributed by atoms with E-state index in [1.165, 1.54) is 51.4 Å². The summed E-state index contributed by atoms with van der Waals surface area (Å²) < 4.78 is 0. The fourth-order valence-electron chi connectivity index (χ4n) is 2.32. The zero-order valence-corrected chi connectivity index (χ0v) is 11.3. The molecule has 0 aromatic rings. The Morgan fingerprint density at radius 2 is 1.71 bits per heavy atom. The van der Waals surface area contributed by atoms with Gasteiger partial charge in [0.2, 0.25) is 5.91 Å². The molecule has 1 aliphatic heterocycles. The van der Waals surface area contributed by atoms with E-state index in [0.29, 0.717) is 6.54 Å². The molecule has 0 spiro atoms. The van der Waals surface area contributed by atoms with Crippen LogP contribution in [-0.2, 0) is 4.79 Å². The lowest BCUT2D eigenvalue weighted by Crippen LogP contribution is -2.48. The van der Waals surface area contributed by atoms with Crippen molar-refractivity contribution in [2.75, 3.05) is 26.2 Å². The van der Waals surface area contributed by atoms with E-state index in [0.717, 1.165) is 19.6 Å². The van der Waals surface area contributed by atoms with Crippen molar-refractivity contribution in [1.29, 1.82) is 0 Å². The number of piperazine rings is 1. The standard InChI is InChI=1S/C14H28N2O/c1-2-3-4-5-6-7-8-9-11-16-12-10-15-13-14(16)17/h15H,2-13H2,1H3. The molecule has 1 saturated heterocycles. The van der Waals surface area contributed by atoms with E-state index in [1.807, 2.05) is 4.90 Å². The first-order chi connectivity index (χ1) is 8.34. The predicted octanol–water partition coefficient (Wildman–Crippen LogP) is 2.56. The molecule has 3 nitrogen and oxygen atoms in total. The molecule has 1 aliphatic rings. The number of rotatable bonds is 9. The first kappa shape index (κ1) is 14.5. The highest BCUT2D eigenvalue weighted by atomic mass is 16.2. The van der Waals surface area contributed by atoms with E-state index in [2.05, 4.69) is 12.2 Å². The lowest BCUT2D eigenvalue weighted by Gasteiger charge is -2.27. The maximum Gasteiger partial charge on any atom is 0.236 e. The first-order valence-electron chi connectivity index (χ1n) is 7.33. The number of carbonyl (C=O) groups is 1. The molecular weight excluding hydrogens is 212 g/mol. The molecule has 0 radical (unpaired) electrons. The lowest BCUT2D eigenvalue weighted by molar-refractivity contribution is -0.131. The van der Waals surface area contributed by atoms with Crippen LogP contribution in [0, 0.1) is 0 Å². The molecule has 0 atom stereocenters. The van der Waals surface area contributed by atoms with Crippen LogP contribution in [0.4, 0.5) is 0 Å². The Bertz CT molecular complexity index is 206. The molecule has 0 saturated carbocycles. The van der Waals surface area contributed by atoms with Gasteiger partial charge in [0.25, 0.3) is 0 Å². The topological polar surface area (TPSA) is 32.3 Å². The van der Waals surface area contributed by atoms with Crippen molar-refractivity contribution in [3.8, 4) is 0 Å². The molecule has 17 heavy (non-hydrogen) atoms. The number of carbonyl (C=O) groups excluding carboxylic acids is 1. The molecule has 3 heteroatoms. The average molecular weight is 240 g/mol. The van der Waals surface area contributed by atoms with Gasteiger partial charge in [-0.15, -0.1) is 0 Å². The zero-order chi connectivity index (χ0) is 12.3. The van der Waals surface area contributed by atoms with E-state index in [4.69, 9.17) is 0 Å². The van der Waals surface area contributed by atoms with Crippen LogP contribution in [0.3, 0.4) is 0 Å². The molecule has 0 aromatic heterocycles. The molecule has 0 bridgehead atoms. The first-order valence-corrected chi connectivity index (χ1v) is 7.33. The van der Waals surface area contributed by atoms with Crippen LogP contribution in [0.15, 0.2) is 0 Å². The SMILES string of the molecule is CCCCCCCCCCN1CCNCC1=O. The largest absolute Gasteiger partial charge is 0.340 e. The second-order valence-electron chi connectivity index (χ2n) is 5.03. The average Bonchev–Trinajstić information content (AvgIpc) is 2.35. The molecule has 1 N–H and O–H groups in total. The van der Waals surface area contributed by atoms with Gasteiger partial charge < -0.3 is 10.2 Å². The fourth-order valence-corrected chi connectivity index (χ4v) is 2.32. The highest BCUT2D eigenvalue weighted by Gasteiger charge is 2.16. The van der Waals surface area contributed by atoms with Crippen molar-refractivity contribution >= 4 is 5.91 Å². The zero-order valence-electron chi connectivity index (χ0n) is 11.3. The summed E-state index contributed by atoms with van der Waals surface area (Å²) in [5, 5.41) is 3.10. The van der Waals surface area contributed by atoms with E-state index in [1.54, 1.807) is 0 Å². The smallest absolute Gasteiger partial charge is 0.236 e. The van der Waals surface area contributed by atoms with Crippen LogP contribution >= 0.6 is 0 Å². The lowest BCUT2D eigenvalue weighted by atomic mass is 10.1. The molecule has 0 aromatic carbocycles. The second-order valence-corrected chi connectivity index (χ2v) is 5.03. The van der Waals surface area contributed by atoms with Crippen LogP contribution < -0.4 is 5.32 Å². The van der Waals surface area contributed by atoms with Crippen LogP contribution in [0.1, 0.15) is 58.3 Å². The van der Waals surface area contributed by atoms with Gasteiger partial charge in [-0.05, 0) is 6.42 Å². The summed E-state index contributed by atoms with van der Waals surface area (Å²) >= 11 is 0. The van der Waals surface area contributed by atoms with Crippen molar-refractivity contribution in [3.63, 3.8) is 0 Å². The molecule has 1 rings (SSSR count). The van der Waals surface area contributed by atoms with Gasteiger partial charge in [-0.2, -0.15) is 0 Å². The molecule has 1 fully saturated rings. The Kier molecular flexibility index (Phi) is 8.06. The van der Waals surface area contributed by atoms with E-state index in [9.17, 15) is 4.79 Å². The molecule has 0 unspecified atom stereocenters. The van der Waals surface area contributed by atoms with Crippen LogP contribution in [0.2, 0.25) is 0 Å². The molecular formula is C14H28N2O. The summed E-state index contributed by atoms with van der Waals surface area (Å²) in [5.41, 5.74) is 0. The quantitative estimate of drug-likeness (QED) is 0.628. The second kappa shape index (κ2) is 9.46. The van der Waals surface area contributed by atoms with Crippen LogP contribution in [-0.4, -0.2) is 37.0 Å². The molecule has 1 heterocycles. The van der Waals surface area contributed by atoms with Crippen LogP contribution in [0.25, 0.3) is 0 Å². The maximum atomic E-state index is 11.5. The van der Waals surface area contributed by atoms with Gasteiger partial charge in [-0.3, -0.25) is 4.79 Å². The highest BCUT2D eigenvalue weighted by molar-refractivity contribution is 5.78. The molecule has 100 valence electrons. The van der Waals surface area contributed by atoms with Gasteiger partial charge in [0.05, 0.1) is 6.54 Å². The monoisotopic (exact) mass is 240 g/mol. The van der Waals surface area contributed by atoms with E-state index in [-0.39, 0.29) is 5.91 Å². The van der Waals surface area contributed by atoms with Crippen molar-refractivity contribution < 1.29 is 4.79 Å². The Labute approximate surface area is 106 Å². The fraction of sp³-hybridized carbons (Fsp3) is 0.929. The van der Waals surface area contributed by atoms with Gasteiger partial charge in [0.15, 0.2) is 0 Å². The highest BCUT2D eigenvalue weighted by Crippen LogP contribution is 2.09. The minimum absolute atomic E-state index is 0.277. The summed E-state index contributed by atoms with van der Waals surface area (Å²) in [4.78, 5) is 13.5. The number of nitrogens with one attached hydrogen (secondary N) is 1. The maximum absolute atomic E-state index is 11.5. The van der Waals surface area contributed by atoms with E-state index >= 15 is 0 Å². The summed E-state index contributed by atoms with van der Waals surface area (Å²) in [6.45, 7) is 5.62.